The van der Waals surface area contributed by atoms with Crippen LogP contribution in [0, 0.1) is 0 Å². The second-order valence-corrected chi connectivity index (χ2v) is 6.94. The molecule has 0 fully saturated rings. The Morgan fingerprint density at radius 1 is 0.720 bits per heavy atom. The minimum atomic E-state index is -3.13. The van der Waals surface area contributed by atoms with Gasteiger partial charge in [0.1, 0.15) is 0 Å². The molecule has 0 atom stereocenters. The summed E-state index contributed by atoms with van der Waals surface area (Å²) < 4.78 is 8.74. The zero-order valence-electron chi connectivity index (χ0n) is 18.2. The Bertz CT molecular complexity index is 297. The van der Waals surface area contributed by atoms with Gasteiger partial charge in [0, 0.05) is 6.42 Å². The van der Waals surface area contributed by atoms with Crippen molar-refractivity contribution in [2.24, 2.45) is 0 Å². The molecular weight excluding hydrogens is 349 g/mol. The molecule has 0 spiro atoms. The van der Waals surface area contributed by atoms with Crippen LogP contribution < -0.4 is 0 Å². The van der Waals surface area contributed by atoms with Crippen molar-refractivity contribution in [2.45, 2.75) is 110 Å². The standard InChI is InChI=1S/C18H36O2.Mg.H2O3Si.2H/c1-2-3-4-5-6-7-8-9-10-11-12-13-14-15-16-17-18(19)20;;1-4(2)3;;/h2-17H2,1H3,(H,19,20);;1-2H;;/q;+2;;2*-1. The third-order valence-electron chi connectivity index (χ3n) is 3.99. The number of rotatable bonds is 16. The third kappa shape index (κ3) is 40.1. The van der Waals surface area contributed by atoms with Crippen molar-refractivity contribution in [3.63, 3.8) is 0 Å². The van der Waals surface area contributed by atoms with Crippen LogP contribution in [0.1, 0.15) is 113 Å². The number of hydrogen-bond acceptors (Lipinski definition) is 2. The summed E-state index contributed by atoms with van der Waals surface area (Å²) >= 11 is 0. The Balaban J connectivity index is -0.000000209. The predicted octanol–water partition coefficient (Wildman–Crippen LogP) is 4.56. The minimum absolute atomic E-state index is 0. The largest absolute Gasteiger partial charge is 2.00 e. The Morgan fingerprint density at radius 2 is 0.960 bits per heavy atom. The fraction of sp³-hybridized carbons (Fsp3) is 0.944. The average molecular weight is 389 g/mol. The molecule has 0 saturated heterocycles. The zero-order chi connectivity index (χ0) is 18.5. The van der Waals surface area contributed by atoms with E-state index in [2.05, 4.69) is 6.92 Å². The molecule has 148 valence electrons. The molecule has 0 aromatic carbocycles. The van der Waals surface area contributed by atoms with Gasteiger partial charge in [-0.3, -0.25) is 9.26 Å². The van der Waals surface area contributed by atoms with Crippen molar-refractivity contribution in [1.29, 1.82) is 0 Å². The van der Waals surface area contributed by atoms with Crippen LogP contribution in [0.4, 0.5) is 0 Å². The van der Waals surface area contributed by atoms with Crippen molar-refractivity contribution in [3.8, 4) is 0 Å². The van der Waals surface area contributed by atoms with Gasteiger partial charge in [-0.15, -0.1) is 0 Å². The summed E-state index contributed by atoms with van der Waals surface area (Å²) in [6.45, 7) is 2.27. The normalized spacial score (nSPS) is 9.64. The summed E-state index contributed by atoms with van der Waals surface area (Å²) in [6, 6.07) is 0. The number of aliphatic carboxylic acids is 1. The predicted molar refractivity (Wildman–Crippen MR) is 106 cm³/mol. The van der Waals surface area contributed by atoms with Gasteiger partial charge in [0.25, 0.3) is 0 Å². The van der Waals surface area contributed by atoms with Gasteiger partial charge in [-0.25, -0.2) is 0 Å². The van der Waals surface area contributed by atoms with E-state index in [0.717, 1.165) is 12.8 Å². The van der Waals surface area contributed by atoms with Crippen LogP contribution in [0.5, 0.6) is 0 Å². The van der Waals surface area contributed by atoms with Gasteiger partial charge in [-0.2, -0.15) is 0 Å². The van der Waals surface area contributed by atoms with Gasteiger partial charge in [0.15, 0.2) is 0 Å². The van der Waals surface area contributed by atoms with Crippen LogP contribution in [0.15, 0.2) is 0 Å². The molecule has 0 saturated carbocycles. The molecule has 0 aliphatic rings. The van der Waals surface area contributed by atoms with Crippen LogP contribution >= 0.6 is 0 Å². The number of hydrogen-bond donors (Lipinski definition) is 3. The monoisotopic (exact) mass is 388 g/mol. The van der Waals surface area contributed by atoms with Crippen molar-refractivity contribution >= 4 is 38.2 Å². The molecule has 0 unspecified atom stereocenters. The van der Waals surface area contributed by atoms with Crippen LogP contribution in [0.3, 0.4) is 0 Å². The van der Waals surface area contributed by atoms with E-state index in [-0.39, 0.29) is 25.9 Å². The maximum absolute atomic E-state index is 10.3. The van der Waals surface area contributed by atoms with Gasteiger partial charge in [0.05, 0.1) is 0 Å². The number of unbranched alkanes of at least 4 members (excludes halogenated alkanes) is 14. The first-order valence-corrected chi connectivity index (χ1v) is 10.9. The summed E-state index contributed by atoms with van der Waals surface area (Å²) in [4.78, 5) is 24.6. The Labute approximate surface area is 174 Å². The van der Waals surface area contributed by atoms with E-state index in [1.807, 2.05) is 0 Å². The Hall–Kier alpha value is -0.147. The second-order valence-electron chi connectivity index (χ2n) is 6.38. The molecule has 0 heterocycles. The second kappa shape index (κ2) is 26.1. The molecule has 0 aliphatic carbocycles. The fourth-order valence-corrected chi connectivity index (χ4v) is 2.65. The van der Waals surface area contributed by atoms with Crippen LogP contribution in [0.25, 0.3) is 0 Å². The minimum Gasteiger partial charge on any atom is -1.00 e. The van der Waals surface area contributed by atoms with Gasteiger partial charge < -0.3 is 17.6 Å². The molecule has 0 bridgehead atoms. The molecule has 0 aliphatic heterocycles. The molecule has 0 aromatic heterocycles. The number of carboxylic acids is 1. The van der Waals surface area contributed by atoms with Crippen molar-refractivity contribution < 1.29 is 26.8 Å². The maximum Gasteiger partial charge on any atom is 2.00 e. The summed E-state index contributed by atoms with van der Waals surface area (Å²) in [6.07, 6.45) is 20.2. The Kier molecular flexibility index (Phi) is 30.9. The molecule has 0 rings (SSSR count). The first-order chi connectivity index (χ1) is 11.5. The van der Waals surface area contributed by atoms with Crippen molar-refractivity contribution in [2.75, 3.05) is 0 Å². The summed E-state index contributed by atoms with van der Waals surface area (Å²) in [7, 11) is -3.13. The molecule has 5 nitrogen and oxygen atoms in total. The summed E-state index contributed by atoms with van der Waals surface area (Å²) in [5.41, 5.74) is 0. The first kappa shape index (κ1) is 29.6. The first-order valence-electron chi connectivity index (χ1n) is 9.64. The summed E-state index contributed by atoms with van der Waals surface area (Å²) in [5, 5.41) is 8.52. The molecule has 25 heavy (non-hydrogen) atoms. The van der Waals surface area contributed by atoms with E-state index in [1.54, 1.807) is 0 Å². The summed E-state index contributed by atoms with van der Waals surface area (Å²) in [5.74, 6) is -0.653. The van der Waals surface area contributed by atoms with Crippen LogP contribution in [-0.2, 0) is 9.26 Å². The smallest absolute Gasteiger partial charge is 1.00 e. The van der Waals surface area contributed by atoms with Crippen LogP contribution in [0.2, 0.25) is 0 Å². The molecular formula is C18H40MgO5Si. The van der Waals surface area contributed by atoms with Crippen LogP contribution in [-0.4, -0.2) is 52.9 Å². The van der Waals surface area contributed by atoms with Gasteiger partial charge >= 0.3 is 38.2 Å². The molecule has 0 radical (unpaired) electrons. The van der Waals surface area contributed by atoms with E-state index < -0.39 is 15.1 Å². The maximum atomic E-state index is 10.3. The fourth-order valence-electron chi connectivity index (χ4n) is 2.65. The average Bonchev–Trinajstić information content (AvgIpc) is 2.50. The van der Waals surface area contributed by atoms with Crippen molar-refractivity contribution in [3.05, 3.63) is 0 Å². The van der Waals surface area contributed by atoms with Crippen molar-refractivity contribution in [1.82, 2.24) is 0 Å². The number of carboxylic acid groups (broad SMARTS) is 1. The molecule has 0 aromatic rings. The topological polar surface area (TPSA) is 94.8 Å². The van der Waals surface area contributed by atoms with E-state index in [4.69, 9.17) is 19.2 Å². The zero-order valence-corrected chi connectivity index (χ0v) is 18.6. The SMILES string of the molecule is CCCCCCCCCCCCCCCCCC(=O)O.O=[Si](O)O.[H-].[H-].[Mg+2]. The van der Waals surface area contributed by atoms with Gasteiger partial charge in [-0.1, -0.05) is 96.8 Å². The third-order valence-corrected chi connectivity index (χ3v) is 3.99. The quantitative estimate of drug-likeness (QED) is 0.266. The molecule has 0 amide bonds. The Morgan fingerprint density at radius 3 is 1.20 bits per heavy atom. The van der Waals surface area contributed by atoms with E-state index in [0.29, 0.717) is 6.42 Å². The van der Waals surface area contributed by atoms with Gasteiger partial charge in [0.2, 0.25) is 0 Å². The van der Waals surface area contributed by atoms with Gasteiger partial charge in [-0.05, 0) is 6.42 Å². The van der Waals surface area contributed by atoms with E-state index >= 15 is 0 Å². The molecule has 7 heteroatoms. The van der Waals surface area contributed by atoms with E-state index in [9.17, 15) is 4.79 Å². The molecule has 3 N–H and O–H groups in total. The van der Waals surface area contributed by atoms with E-state index in [1.165, 1.54) is 83.5 Å². The number of carbonyl (C=O) groups is 1.